The number of carbonyl (C=O) groups excluding carboxylic acids is 1. The van der Waals surface area contributed by atoms with E-state index >= 15 is 0 Å². The first-order valence-electron chi connectivity index (χ1n) is 6.80. The number of esters is 1. The minimum Gasteiger partial charge on any atom is -0.462 e. The van der Waals surface area contributed by atoms with Gasteiger partial charge in [-0.15, -0.1) is 23.7 Å². The molecule has 1 aromatic heterocycles. The Hall–Kier alpha value is -0.520. The summed E-state index contributed by atoms with van der Waals surface area (Å²) in [5.41, 5.74) is 2.08. The van der Waals surface area contributed by atoms with Crippen LogP contribution in [-0.4, -0.2) is 31.1 Å². The summed E-state index contributed by atoms with van der Waals surface area (Å²) in [6.45, 7) is 3.78. The lowest BCUT2D eigenvalue weighted by Gasteiger charge is -2.13. The van der Waals surface area contributed by atoms with Crippen molar-refractivity contribution < 1.29 is 9.53 Å². The van der Waals surface area contributed by atoms with E-state index in [1.807, 2.05) is 14.0 Å². The Bertz CT molecular complexity index is 729. The van der Waals surface area contributed by atoms with Gasteiger partial charge in [-0.25, -0.2) is 4.79 Å². The smallest absolute Gasteiger partial charge is 0.348 e. The lowest BCUT2D eigenvalue weighted by Crippen LogP contribution is -2.19. The van der Waals surface area contributed by atoms with E-state index in [1.54, 1.807) is 6.07 Å². The minimum absolute atomic E-state index is 0. The molecule has 0 N–H and O–H groups in total. The highest BCUT2D eigenvalue weighted by molar-refractivity contribution is 7.21. The predicted molar refractivity (Wildman–Crippen MR) is 95.1 cm³/mol. The molecule has 0 fully saturated rings. The number of hydrogen-bond donors (Lipinski definition) is 0. The third kappa shape index (κ3) is 2.95. The molecule has 0 radical (unpaired) electrons. The van der Waals surface area contributed by atoms with Crippen LogP contribution in [-0.2, 0) is 17.7 Å². The van der Waals surface area contributed by atoms with Gasteiger partial charge in [-0.2, -0.15) is 0 Å². The molecule has 1 aliphatic rings. The SMILES string of the molecule is CCOC(=O)c1sc2c(Cl)cc(Cl)c3c2c1CN(C)CC3.Cl. The van der Waals surface area contributed by atoms with Gasteiger partial charge in [-0.3, -0.25) is 0 Å². The van der Waals surface area contributed by atoms with Gasteiger partial charge in [0.25, 0.3) is 0 Å². The summed E-state index contributed by atoms with van der Waals surface area (Å²) < 4.78 is 6.12. The van der Waals surface area contributed by atoms with Gasteiger partial charge >= 0.3 is 5.97 Å². The van der Waals surface area contributed by atoms with Crippen molar-refractivity contribution in [3.8, 4) is 0 Å². The van der Waals surface area contributed by atoms with E-state index in [0.29, 0.717) is 28.1 Å². The molecular formula is C15H16Cl3NO2S. The van der Waals surface area contributed by atoms with E-state index in [9.17, 15) is 4.79 Å². The van der Waals surface area contributed by atoms with Gasteiger partial charge in [0.15, 0.2) is 0 Å². The van der Waals surface area contributed by atoms with Gasteiger partial charge in [0.1, 0.15) is 4.88 Å². The monoisotopic (exact) mass is 379 g/mol. The Morgan fingerprint density at radius 1 is 1.36 bits per heavy atom. The van der Waals surface area contributed by atoms with Gasteiger partial charge in [0.2, 0.25) is 0 Å². The van der Waals surface area contributed by atoms with Crippen LogP contribution in [0.15, 0.2) is 6.07 Å². The molecule has 0 atom stereocenters. The molecule has 1 aliphatic heterocycles. The van der Waals surface area contributed by atoms with Gasteiger partial charge in [0.05, 0.1) is 16.3 Å². The van der Waals surface area contributed by atoms with Gasteiger partial charge in [0, 0.05) is 23.5 Å². The number of ether oxygens (including phenoxy) is 1. The highest BCUT2D eigenvalue weighted by Gasteiger charge is 2.27. The van der Waals surface area contributed by atoms with E-state index in [4.69, 9.17) is 27.9 Å². The molecule has 0 aliphatic carbocycles. The summed E-state index contributed by atoms with van der Waals surface area (Å²) >= 11 is 14.1. The zero-order valence-electron chi connectivity index (χ0n) is 12.2. The van der Waals surface area contributed by atoms with E-state index in [1.165, 1.54) is 11.3 Å². The number of benzene rings is 1. The maximum Gasteiger partial charge on any atom is 0.348 e. The van der Waals surface area contributed by atoms with Gasteiger partial charge in [-0.1, -0.05) is 23.2 Å². The number of rotatable bonds is 2. The molecule has 22 heavy (non-hydrogen) atoms. The third-order valence-corrected chi connectivity index (χ3v) is 5.69. The topological polar surface area (TPSA) is 29.5 Å². The van der Waals surface area contributed by atoms with Crippen LogP contribution in [0, 0.1) is 0 Å². The maximum absolute atomic E-state index is 12.2. The van der Waals surface area contributed by atoms with Crippen molar-refractivity contribution in [2.75, 3.05) is 20.2 Å². The van der Waals surface area contributed by atoms with Crippen LogP contribution in [0.5, 0.6) is 0 Å². The number of carbonyl (C=O) groups is 1. The number of likely N-dealkylation sites (N-methyl/N-ethyl adjacent to an activating group) is 1. The summed E-state index contributed by atoms with van der Waals surface area (Å²) in [7, 11) is 2.04. The summed E-state index contributed by atoms with van der Waals surface area (Å²) in [5.74, 6) is -0.276. The molecule has 2 aromatic rings. The second kappa shape index (κ2) is 6.93. The normalized spacial score (nSPS) is 14.5. The highest BCUT2D eigenvalue weighted by Crippen LogP contribution is 2.43. The number of halogens is 3. The molecule has 3 rings (SSSR count). The molecule has 7 heteroatoms. The third-order valence-electron chi connectivity index (χ3n) is 3.70. The molecule has 0 unspecified atom stereocenters. The van der Waals surface area contributed by atoms with Crippen molar-refractivity contribution in [3.05, 3.63) is 32.1 Å². The summed E-state index contributed by atoms with van der Waals surface area (Å²) in [5, 5.41) is 2.33. The maximum atomic E-state index is 12.2. The molecule has 0 saturated carbocycles. The van der Waals surface area contributed by atoms with Crippen molar-refractivity contribution in [2.45, 2.75) is 19.9 Å². The van der Waals surface area contributed by atoms with Crippen LogP contribution in [0.3, 0.4) is 0 Å². The zero-order chi connectivity index (χ0) is 15.1. The fourth-order valence-corrected chi connectivity index (χ4v) is 4.56. The number of hydrogen-bond acceptors (Lipinski definition) is 4. The summed E-state index contributed by atoms with van der Waals surface area (Å²) in [6, 6.07) is 1.78. The standard InChI is InChI=1S/C15H15Cl2NO2S.ClH/c1-3-20-15(19)13-9-7-18(2)5-4-8-10(16)6-11(17)14(21-13)12(8)9;/h6H,3-5,7H2,1-2H3;1H. The van der Waals surface area contributed by atoms with E-state index in [-0.39, 0.29) is 18.4 Å². The Morgan fingerprint density at radius 3 is 2.77 bits per heavy atom. The molecule has 120 valence electrons. The van der Waals surface area contributed by atoms with Crippen LogP contribution >= 0.6 is 46.9 Å². The van der Waals surface area contributed by atoms with Gasteiger partial charge < -0.3 is 9.64 Å². The lowest BCUT2D eigenvalue weighted by molar-refractivity contribution is 0.0530. The van der Waals surface area contributed by atoms with Crippen molar-refractivity contribution in [2.24, 2.45) is 0 Å². The van der Waals surface area contributed by atoms with Crippen LogP contribution in [0.4, 0.5) is 0 Å². The van der Waals surface area contributed by atoms with Crippen LogP contribution in [0.1, 0.15) is 27.7 Å². The average Bonchev–Trinajstić information content (AvgIpc) is 2.70. The van der Waals surface area contributed by atoms with E-state index < -0.39 is 0 Å². The quantitative estimate of drug-likeness (QED) is 0.701. The number of nitrogens with zero attached hydrogens (tertiary/aromatic N) is 1. The molecule has 0 bridgehead atoms. The molecule has 0 amide bonds. The molecule has 1 aromatic carbocycles. The Kier molecular flexibility index (Phi) is 5.62. The second-order valence-electron chi connectivity index (χ2n) is 5.14. The predicted octanol–water partition coefficient (Wildman–Crippen LogP) is 4.79. The number of thiophene rings is 1. The Morgan fingerprint density at radius 2 is 2.09 bits per heavy atom. The van der Waals surface area contributed by atoms with Crippen molar-refractivity contribution in [1.82, 2.24) is 4.90 Å². The second-order valence-corrected chi connectivity index (χ2v) is 6.98. The highest BCUT2D eigenvalue weighted by atomic mass is 35.5. The fraction of sp³-hybridized carbons (Fsp3) is 0.400. The average molecular weight is 381 g/mol. The first-order chi connectivity index (χ1) is 10.0. The molecule has 0 saturated heterocycles. The molecule has 2 heterocycles. The lowest BCUT2D eigenvalue weighted by atomic mass is 10.0. The zero-order valence-corrected chi connectivity index (χ0v) is 15.4. The van der Waals surface area contributed by atoms with Crippen LogP contribution < -0.4 is 0 Å². The molecule has 0 spiro atoms. The van der Waals surface area contributed by atoms with Crippen LogP contribution in [0.2, 0.25) is 10.0 Å². The van der Waals surface area contributed by atoms with Crippen molar-refractivity contribution >= 4 is 63.0 Å². The molecule has 3 nitrogen and oxygen atoms in total. The first kappa shape index (κ1) is 17.8. The Labute approximate surface area is 149 Å². The summed E-state index contributed by atoms with van der Waals surface area (Å²) in [6.07, 6.45) is 0.856. The fourth-order valence-electron chi connectivity index (χ4n) is 2.74. The van der Waals surface area contributed by atoms with Crippen molar-refractivity contribution in [1.29, 1.82) is 0 Å². The van der Waals surface area contributed by atoms with Gasteiger partial charge in [-0.05, 0) is 37.6 Å². The summed E-state index contributed by atoms with van der Waals surface area (Å²) in [4.78, 5) is 15.1. The van der Waals surface area contributed by atoms with Crippen LogP contribution in [0.25, 0.3) is 10.1 Å². The van der Waals surface area contributed by atoms with Crippen molar-refractivity contribution in [3.63, 3.8) is 0 Å². The van der Waals surface area contributed by atoms with E-state index in [2.05, 4.69) is 4.90 Å². The van der Waals surface area contributed by atoms with E-state index in [0.717, 1.165) is 34.2 Å². The minimum atomic E-state index is -0.276. The largest absolute Gasteiger partial charge is 0.462 e. The molecular weight excluding hydrogens is 365 g/mol. The Balaban J connectivity index is 0.00000176. The first-order valence-corrected chi connectivity index (χ1v) is 8.38.